The fourth-order valence-corrected chi connectivity index (χ4v) is 0.883. The second-order valence-electron chi connectivity index (χ2n) is 2.42. The highest BCUT2D eigenvalue weighted by molar-refractivity contribution is 7.71. The lowest BCUT2D eigenvalue weighted by Gasteiger charge is -1.98. The molecule has 1 N–H and O–H groups in total. The third-order valence-corrected chi connectivity index (χ3v) is 1.47. The van der Waals surface area contributed by atoms with Gasteiger partial charge in [0.2, 0.25) is 0 Å². The standard InChI is InChI=1S/C7H10N2O3S/c1-2-3-6(10)11-4-5-8-9-7(13)12-5/h2-4H2,1H3,(H,9,13). The first-order valence-corrected chi connectivity index (χ1v) is 4.33. The molecule has 1 heterocycles. The number of rotatable bonds is 4. The Balaban J connectivity index is 2.35. The average Bonchev–Trinajstić information content (AvgIpc) is 2.49. The molecule has 0 amide bonds. The molecule has 0 fully saturated rings. The molecule has 1 rings (SSSR count). The molecule has 0 unspecified atom stereocenters. The normalized spacial score (nSPS) is 9.92. The Morgan fingerprint density at radius 3 is 3.08 bits per heavy atom. The summed E-state index contributed by atoms with van der Waals surface area (Å²) in [4.78, 5) is 11.1. The molecule has 5 nitrogen and oxygen atoms in total. The topological polar surface area (TPSA) is 68.1 Å². The summed E-state index contributed by atoms with van der Waals surface area (Å²) in [5.41, 5.74) is 0. The van der Waals surface area contributed by atoms with Crippen molar-refractivity contribution in [2.24, 2.45) is 0 Å². The molecule has 0 aliphatic heterocycles. The Bertz CT molecular complexity index is 330. The fourth-order valence-electron chi connectivity index (χ4n) is 0.741. The number of H-pyrrole nitrogens is 1. The Labute approximate surface area is 80.1 Å². The van der Waals surface area contributed by atoms with Gasteiger partial charge in [0.05, 0.1) is 0 Å². The molecule has 1 aromatic rings. The van der Waals surface area contributed by atoms with E-state index in [0.717, 1.165) is 6.42 Å². The van der Waals surface area contributed by atoms with E-state index in [1.54, 1.807) is 0 Å². The number of nitrogens with zero attached hydrogens (tertiary/aromatic N) is 1. The SMILES string of the molecule is CCCC(=O)OCc1n[nH]c(=S)o1. The highest BCUT2D eigenvalue weighted by atomic mass is 32.1. The number of aromatic amines is 1. The molecule has 6 heteroatoms. The highest BCUT2D eigenvalue weighted by Gasteiger charge is 2.04. The molecule has 72 valence electrons. The van der Waals surface area contributed by atoms with Crippen LogP contribution >= 0.6 is 12.2 Å². The molecule has 0 aliphatic carbocycles. The minimum Gasteiger partial charge on any atom is -0.456 e. The number of hydrogen-bond donors (Lipinski definition) is 1. The van der Waals surface area contributed by atoms with Gasteiger partial charge in [-0.3, -0.25) is 4.79 Å². The Morgan fingerprint density at radius 1 is 1.77 bits per heavy atom. The Hall–Kier alpha value is -1.17. The van der Waals surface area contributed by atoms with Gasteiger partial charge in [0.25, 0.3) is 10.7 Å². The number of aromatic nitrogens is 2. The summed E-state index contributed by atoms with van der Waals surface area (Å²) >= 11 is 4.64. The van der Waals surface area contributed by atoms with E-state index in [-0.39, 0.29) is 23.3 Å². The fraction of sp³-hybridized carbons (Fsp3) is 0.571. The minimum absolute atomic E-state index is 0.0337. The molecule has 0 bridgehead atoms. The molecule has 1 aromatic heterocycles. The summed E-state index contributed by atoms with van der Waals surface area (Å²) in [7, 11) is 0. The lowest BCUT2D eigenvalue weighted by Crippen LogP contribution is -2.03. The van der Waals surface area contributed by atoms with Gasteiger partial charge in [-0.05, 0) is 18.6 Å². The van der Waals surface area contributed by atoms with Crippen LogP contribution < -0.4 is 0 Å². The lowest BCUT2D eigenvalue weighted by atomic mass is 10.3. The van der Waals surface area contributed by atoms with Crippen molar-refractivity contribution in [3.63, 3.8) is 0 Å². The van der Waals surface area contributed by atoms with Crippen molar-refractivity contribution < 1.29 is 13.9 Å². The Kier molecular flexibility index (Phi) is 3.63. The molecule has 0 saturated carbocycles. The van der Waals surface area contributed by atoms with E-state index in [0.29, 0.717) is 6.42 Å². The van der Waals surface area contributed by atoms with E-state index in [9.17, 15) is 4.79 Å². The van der Waals surface area contributed by atoms with Gasteiger partial charge in [-0.1, -0.05) is 6.92 Å². The third-order valence-electron chi connectivity index (χ3n) is 1.29. The van der Waals surface area contributed by atoms with Crippen LogP contribution in [0.3, 0.4) is 0 Å². The van der Waals surface area contributed by atoms with Crippen LogP contribution in [0.2, 0.25) is 0 Å². The number of carbonyl (C=O) groups is 1. The largest absolute Gasteiger partial charge is 0.456 e. The number of esters is 1. The predicted molar refractivity (Wildman–Crippen MR) is 46.4 cm³/mol. The van der Waals surface area contributed by atoms with Crippen LogP contribution in [0.15, 0.2) is 4.42 Å². The van der Waals surface area contributed by atoms with Gasteiger partial charge in [-0.25, -0.2) is 5.10 Å². The van der Waals surface area contributed by atoms with Gasteiger partial charge >= 0.3 is 5.97 Å². The van der Waals surface area contributed by atoms with Crippen molar-refractivity contribution in [1.29, 1.82) is 0 Å². The second-order valence-corrected chi connectivity index (χ2v) is 2.79. The van der Waals surface area contributed by atoms with Crippen molar-refractivity contribution in [2.45, 2.75) is 26.4 Å². The van der Waals surface area contributed by atoms with Gasteiger partial charge in [-0.2, -0.15) is 0 Å². The zero-order chi connectivity index (χ0) is 9.68. The van der Waals surface area contributed by atoms with Crippen LogP contribution in [-0.4, -0.2) is 16.2 Å². The van der Waals surface area contributed by atoms with Crippen molar-refractivity contribution in [1.82, 2.24) is 10.2 Å². The monoisotopic (exact) mass is 202 g/mol. The zero-order valence-corrected chi connectivity index (χ0v) is 8.02. The smallest absolute Gasteiger partial charge is 0.306 e. The summed E-state index contributed by atoms with van der Waals surface area (Å²) in [6, 6.07) is 0. The molecule has 0 aliphatic rings. The quantitative estimate of drug-likeness (QED) is 0.593. The minimum atomic E-state index is -0.258. The molecule has 0 saturated heterocycles. The second kappa shape index (κ2) is 4.76. The Morgan fingerprint density at radius 2 is 2.54 bits per heavy atom. The molecule has 0 spiro atoms. The molecule has 0 radical (unpaired) electrons. The van der Waals surface area contributed by atoms with E-state index >= 15 is 0 Å². The van der Waals surface area contributed by atoms with Crippen LogP contribution in [0.4, 0.5) is 0 Å². The van der Waals surface area contributed by atoms with Gasteiger partial charge < -0.3 is 9.15 Å². The van der Waals surface area contributed by atoms with Crippen LogP contribution in [0.1, 0.15) is 25.7 Å². The van der Waals surface area contributed by atoms with Crippen molar-refractivity contribution >= 4 is 18.2 Å². The van der Waals surface area contributed by atoms with E-state index in [4.69, 9.17) is 9.15 Å². The third kappa shape index (κ3) is 3.37. The molecular formula is C7H10N2O3S. The van der Waals surface area contributed by atoms with Crippen molar-refractivity contribution in [3.8, 4) is 0 Å². The highest BCUT2D eigenvalue weighted by Crippen LogP contribution is 1.99. The average molecular weight is 202 g/mol. The van der Waals surface area contributed by atoms with Crippen molar-refractivity contribution in [3.05, 3.63) is 10.7 Å². The van der Waals surface area contributed by atoms with Crippen LogP contribution in [0.5, 0.6) is 0 Å². The first-order chi connectivity index (χ1) is 6.22. The van der Waals surface area contributed by atoms with Gasteiger partial charge in [0.15, 0.2) is 6.61 Å². The maximum atomic E-state index is 10.9. The first kappa shape index (κ1) is 9.91. The molecular weight excluding hydrogens is 192 g/mol. The van der Waals surface area contributed by atoms with Gasteiger partial charge in [0.1, 0.15) is 0 Å². The van der Waals surface area contributed by atoms with E-state index in [2.05, 4.69) is 22.4 Å². The summed E-state index contributed by atoms with van der Waals surface area (Å²) in [6.45, 7) is 1.94. The zero-order valence-electron chi connectivity index (χ0n) is 7.20. The lowest BCUT2D eigenvalue weighted by molar-refractivity contribution is -0.145. The predicted octanol–water partition coefficient (Wildman–Crippen LogP) is 1.58. The summed E-state index contributed by atoms with van der Waals surface area (Å²) in [6.07, 6.45) is 1.17. The van der Waals surface area contributed by atoms with Crippen molar-refractivity contribution in [2.75, 3.05) is 0 Å². The summed E-state index contributed by atoms with van der Waals surface area (Å²) in [5, 5.41) is 6.11. The number of ether oxygens (including phenoxy) is 1. The van der Waals surface area contributed by atoms with E-state index < -0.39 is 0 Å². The van der Waals surface area contributed by atoms with E-state index in [1.165, 1.54) is 0 Å². The molecule has 0 aromatic carbocycles. The van der Waals surface area contributed by atoms with Crippen LogP contribution in [-0.2, 0) is 16.1 Å². The first-order valence-electron chi connectivity index (χ1n) is 3.92. The summed E-state index contributed by atoms with van der Waals surface area (Å²) in [5.74, 6) is 0.0288. The van der Waals surface area contributed by atoms with Gasteiger partial charge in [-0.15, -0.1) is 5.10 Å². The molecule has 13 heavy (non-hydrogen) atoms. The number of carbonyl (C=O) groups excluding carboxylic acids is 1. The maximum Gasteiger partial charge on any atom is 0.306 e. The van der Waals surface area contributed by atoms with Crippen LogP contribution in [0.25, 0.3) is 0 Å². The van der Waals surface area contributed by atoms with E-state index in [1.807, 2.05) is 6.92 Å². The maximum absolute atomic E-state index is 10.9. The van der Waals surface area contributed by atoms with Gasteiger partial charge in [0, 0.05) is 6.42 Å². The van der Waals surface area contributed by atoms with Crippen LogP contribution in [0, 0.1) is 4.84 Å². The molecule has 0 atom stereocenters. The number of nitrogens with one attached hydrogen (secondary N) is 1. The number of hydrogen-bond acceptors (Lipinski definition) is 5. The summed E-state index contributed by atoms with van der Waals surface area (Å²) < 4.78 is 9.70.